The molecule has 0 spiro atoms. The van der Waals surface area contributed by atoms with E-state index in [1.54, 1.807) is 0 Å². The van der Waals surface area contributed by atoms with E-state index in [0.717, 1.165) is 46.0 Å². The predicted molar refractivity (Wildman–Crippen MR) is 131 cm³/mol. The highest BCUT2D eigenvalue weighted by Crippen LogP contribution is 2.26. The van der Waals surface area contributed by atoms with Crippen molar-refractivity contribution in [3.8, 4) is 5.69 Å². The van der Waals surface area contributed by atoms with E-state index in [1.807, 2.05) is 80.1 Å². The lowest BCUT2D eigenvalue weighted by Gasteiger charge is -2.09. The van der Waals surface area contributed by atoms with E-state index in [4.69, 9.17) is 0 Å². The Morgan fingerprint density at radius 2 is 1.78 bits per heavy atom. The molecule has 2 aromatic heterocycles. The van der Waals surface area contributed by atoms with Gasteiger partial charge < -0.3 is 10.6 Å². The van der Waals surface area contributed by atoms with Crippen molar-refractivity contribution in [2.45, 2.75) is 32.3 Å². The number of rotatable bonds is 8. The van der Waals surface area contributed by atoms with E-state index in [0.29, 0.717) is 17.3 Å². The molecular formula is C24H26N6OS. The van der Waals surface area contributed by atoms with Crippen LogP contribution in [0.15, 0.2) is 59.8 Å². The molecule has 4 rings (SSSR count). The number of anilines is 2. The van der Waals surface area contributed by atoms with Crippen molar-refractivity contribution in [1.82, 2.24) is 19.7 Å². The van der Waals surface area contributed by atoms with Crippen LogP contribution >= 0.6 is 11.8 Å². The van der Waals surface area contributed by atoms with Crippen molar-refractivity contribution >= 4 is 40.1 Å². The van der Waals surface area contributed by atoms with Gasteiger partial charge in [0.05, 0.1) is 28.3 Å². The van der Waals surface area contributed by atoms with Crippen LogP contribution in [0.2, 0.25) is 0 Å². The van der Waals surface area contributed by atoms with Crippen molar-refractivity contribution in [1.29, 1.82) is 0 Å². The number of amides is 1. The molecule has 2 N–H and O–H groups in total. The zero-order valence-corrected chi connectivity index (χ0v) is 19.2. The number of para-hydroxylation sites is 2. The van der Waals surface area contributed by atoms with Gasteiger partial charge in [-0.25, -0.2) is 14.6 Å². The fourth-order valence-corrected chi connectivity index (χ4v) is 4.29. The third-order valence-electron chi connectivity index (χ3n) is 5.04. The number of hydrogen-bond acceptors (Lipinski definition) is 6. The van der Waals surface area contributed by atoms with Gasteiger partial charge in [0.15, 0.2) is 5.16 Å². The quantitative estimate of drug-likeness (QED) is 0.293. The third kappa shape index (κ3) is 4.75. The molecule has 2 aromatic carbocycles. The molecule has 0 aliphatic carbocycles. The van der Waals surface area contributed by atoms with E-state index in [1.165, 1.54) is 11.8 Å². The molecule has 4 aromatic rings. The first-order valence-corrected chi connectivity index (χ1v) is 11.6. The molecule has 2 heterocycles. The van der Waals surface area contributed by atoms with Crippen LogP contribution in [0, 0.1) is 13.8 Å². The number of carbonyl (C=O) groups is 1. The smallest absolute Gasteiger partial charge is 0.225 e. The minimum Gasteiger partial charge on any atom is -0.370 e. The van der Waals surface area contributed by atoms with Crippen molar-refractivity contribution in [3.05, 3.63) is 66.0 Å². The van der Waals surface area contributed by atoms with Gasteiger partial charge in [-0.15, -0.1) is 0 Å². The standard InChI is InChI=1S/C24H26N6OS/c1-4-25-23-19-12-8-9-13-20(19)26-24(28-23)32-15-14-21(31)27-22-16(2)29-30(17(22)3)18-10-6-5-7-11-18/h5-13H,4,14-15H2,1-3H3,(H,27,31)(H,25,26,28). The van der Waals surface area contributed by atoms with Crippen LogP contribution in [0.3, 0.4) is 0 Å². The van der Waals surface area contributed by atoms with E-state index in [9.17, 15) is 4.79 Å². The van der Waals surface area contributed by atoms with Gasteiger partial charge in [-0.05, 0) is 45.0 Å². The Kier molecular flexibility index (Phi) is 6.70. The number of thioether (sulfide) groups is 1. The average molecular weight is 447 g/mol. The van der Waals surface area contributed by atoms with Crippen LogP contribution in [-0.2, 0) is 4.79 Å². The van der Waals surface area contributed by atoms with Crippen molar-refractivity contribution in [2.75, 3.05) is 22.9 Å². The lowest BCUT2D eigenvalue weighted by atomic mass is 10.2. The predicted octanol–water partition coefficient (Wildman–Crippen LogP) is 4.99. The number of fused-ring (bicyclic) bond motifs is 1. The van der Waals surface area contributed by atoms with Gasteiger partial charge in [0.1, 0.15) is 5.82 Å². The molecule has 0 fully saturated rings. The molecular weight excluding hydrogens is 420 g/mol. The fraction of sp³-hybridized carbons (Fsp3) is 0.250. The second-order valence-electron chi connectivity index (χ2n) is 7.34. The van der Waals surface area contributed by atoms with Crippen LogP contribution in [-0.4, -0.2) is 38.0 Å². The molecule has 0 saturated heterocycles. The van der Waals surface area contributed by atoms with E-state index in [2.05, 4.69) is 25.7 Å². The molecule has 0 saturated carbocycles. The summed E-state index contributed by atoms with van der Waals surface area (Å²) < 4.78 is 1.85. The van der Waals surface area contributed by atoms with Gasteiger partial charge in [-0.3, -0.25) is 4.79 Å². The summed E-state index contributed by atoms with van der Waals surface area (Å²) in [5, 5.41) is 12.6. The fourth-order valence-electron chi connectivity index (χ4n) is 3.50. The summed E-state index contributed by atoms with van der Waals surface area (Å²) in [4.78, 5) is 21.9. The average Bonchev–Trinajstić information content (AvgIpc) is 3.08. The highest BCUT2D eigenvalue weighted by Gasteiger charge is 2.15. The summed E-state index contributed by atoms with van der Waals surface area (Å²) >= 11 is 1.48. The minimum atomic E-state index is -0.0518. The molecule has 0 bridgehead atoms. The molecule has 0 atom stereocenters. The van der Waals surface area contributed by atoms with Crippen LogP contribution in [0.4, 0.5) is 11.5 Å². The topological polar surface area (TPSA) is 84.7 Å². The molecule has 0 aliphatic heterocycles. The van der Waals surface area contributed by atoms with Gasteiger partial charge in [0, 0.05) is 24.1 Å². The largest absolute Gasteiger partial charge is 0.370 e. The zero-order chi connectivity index (χ0) is 22.5. The first-order chi connectivity index (χ1) is 15.6. The van der Waals surface area contributed by atoms with Gasteiger partial charge in [0.2, 0.25) is 5.91 Å². The van der Waals surface area contributed by atoms with Crippen LogP contribution in [0.25, 0.3) is 16.6 Å². The van der Waals surface area contributed by atoms with E-state index < -0.39 is 0 Å². The number of aromatic nitrogens is 4. The zero-order valence-electron chi connectivity index (χ0n) is 18.4. The van der Waals surface area contributed by atoms with Crippen LogP contribution < -0.4 is 10.6 Å². The summed E-state index contributed by atoms with van der Waals surface area (Å²) in [5.41, 5.74) is 4.32. The summed E-state index contributed by atoms with van der Waals surface area (Å²) in [5.74, 6) is 1.36. The van der Waals surface area contributed by atoms with Gasteiger partial charge in [-0.1, -0.05) is 42.1 Å². The molecule has 164 valence electrons. The Morgan fingerprint density at radius 1 is 1.03 bits per heavy atom. The monoisotopic (exact) mass is 446 g/mol. The Hall–Kier alpha value is -3.39. The molecule has 1 amide bonds. The maximum Gasteiger partial charge on any atom is 0.225 e. The normalized spacial score (nSPS) is 11.0. The van der Waals surface area contributed by atoms with E-state index >= 15 is 0 Å². The van der Waals surface area contributed by atoms with Gasteiger partial charge >= 0.3 is 0 Å². The number of nitrogens with zero attached hydrogens (tertiary/aromatic N) is 4. The number of nitrogens with one attached hydrogen (secondary N) is 2. The number of hydrogen-bond donors (Lipinski definition) is 2. The first-order valence-electron chi connectivity index (χ1n) is 10.6. The minimum absolute atomic E-state index is 0.0518. The molecule has 0 unspecified atom stereocenters. The Bertz CT molecular complexity index is 1240. The summed E-state index contributed by atoms with van der Waals surface area (Å²) in [6.07, 6.45) is 0.354. The second kappa shape index (κ2) is 9.82. The number of aryl methyl sites for hydroxylation is 1. The molecule has 8 heteroatoms. The maximum absolute atomic E-state index is 12.6. The molecule has 32 heavy (non-hydrogen) atoms. The van der Waals surface area contributed by atoms with Crippen molar-refractivity contribution in [2.24, 2.45) is 0 Å². The van der Waals surface area contributed by atoms with Crippen molar-refractivity contribution in [3.63, 3.8) is 0 Å². The highest BCUT2D eigenvalue weighted by atomic mass is 32.2. The van der Waals surface area contributed by atoms with Crippen LogP contribution in [0.5, 0.6) is 0 Å². The number of carbonyl (C=O) groups excluding carboxylic acids is 1. The summed E-state index contributed by atoms with van der Waals surface area (Å²) in [6, 6.07) is 17.8. The lowest BCUT2D eigenvalue weighted by Crippen LogP contribution is -2.13. The molecule has 7 nitrogen and oxygen atoms in total. The van der Waals surface area contributed by atoms with Gasteiger partial charge in [0.25, 0.3) is 0 Å². The lowest BCUT2D eigenvalue weighted by molar-refractivity contribution is -0.115. The van der Waals surface area contributed by atoms with E-state index in [-0.39, 0.29) is 5.91 Å². The Labute approximate surface area is 191 Å². The Morgan fingerprint density at radius 3 is 2.56 bits per heavy atom. The second-order valence-corrected chi connectivity index (χ2v) is 8.40. The summed E-state index contributed by atoms with van der Waals surface area (Å²) in [6.45, 7) is 6.69. The Balaban J connectivity index is 1.41. The van der Waals surface area contributed by atoms with Crippen molar-refractivity contribution < 1.29 is 4.79 Å². The van der Waals surface area contributed by atoms with Crippen LogP contribution in [0.1, 0.15) is 24.7 Å². The molecule has 0 radical (unpaired) electrons. The molecule has 0 aliphatic rings. The SMILES string of the molecule is CCNc1nc(SCCC(=O)Nc2c(C)nn(-c3ccccc3)c2C)nc2ccccc12. The van der Waals surface area contributed by atoms with Gasteiger partial charge in [-0.2, -0.15) is 5.10 Å². The summed E-state index contributed by atoms with van der Waals surface area (Å²) in [7, 11) is 0. The maximum atomic E-state index is 12.6. The first kappa shape index (κ1) is 21.8. The third-order valence-corrected chi connectivity index (χ3v) is 5.89. The number of benzene rings is 2. The highest BCUT2D eigenvalue weighted by molar-refractivity contribution is 7.99.